The summed E-state index contributed by atoms with van der Waals surface area (Å²) in [7, 11) is 1.62. The van der Waals surface area contributed by atoms with Crippen molar-refractivity contribution in [3.8, 4) is 17.1 Å². The van der Waals surface area contributed by atoms with Crippen LogP contribution in [0.1, 0.15) is 31.2 Å². The van der Waals surface area contributed by atoms with Crippen molar-refractivity contribution < 1.29 is 9.53 Å². The Kier molecular flexibility index (Phi) is 6.43. The summed E-state index contributed by atoms with van der Waals surface area (Å²) in [4.78, 5) is 12.9. The molecule has 8 heteroatoms. The SMILES string of the molecule is COc1ccc(-c2n[nH]c(=S)n2CC(=O)NCC2(c3ccc(Cl)cc3)CCCC2)cc1. The molecule has 6 nitrogen and oxygen atoms in total. The molecule has 0 radical (unpaired) electrons. The molecule has 0 unspecified atom stereocenters. The first-order valence-corrected chi connectivity index (χ1v) is 11.1. The molecule has 31 heavy (non-hydrogen) atoms. The number of hydrogen-bond donors (Lipinski definition) is 2. The van der Waals surface area contributed by atoms with E-state index in [1.165, 1.54) is 5.56 Å². The molecule has 0 bridgehead atoms. The predicted molar refractivity (Wildman–Crippen MR) is 124 cm³/mol. The molecule has 2 aromatic carbocycles. The first kappa shape index (κ1) is 21.6. The number of rotatable bonds is 7. The van der Waals surface area contributed by atoms with Crippen LogP contribution in [-0.4, -0.2) is 34.3 Å². The number of amides is 1. The van der Waals surface area contributed by atoms with Crippen LogP contribution in [0, 0.1) is 4.77 Å². The number of aromatic nitrogens is 3. The fourth-order valence-corrected chi connectivity index (χ4v) is 4.64. The Labute approximate surface area is 191 Å². The van der Waals surface area contributed by atoms with Crippen LogP contribution in [0.3, 0.4) is 0 Å². The smallest absolute Gasteiger partial charge is 0.240 e. The number of methoxy groups -OCH3 is 1. The normalized spacial score (nSPS) is 15.0. The van der Waals surface area contributed by atoms with Crippen molar-refractivity contribution in [3.63, 3.8) is 0 Å². The van der Waals surface area contributed by atoms with Gasteiger partial charge in [-0.25, -0.2) is 0 Å². The van der Waals surface area contributed by atoms with Crippen LogP contribution < -0.4 is 10.1 Å². The van der Waals surface area contributed by atoms with Crippen molar-refractivity contribution in [1.29, 1.82) is 0 Å². The molecule has 162 valence electrons. The molecule has 0 spiro atoms. The highest BCUT2D eigenvalue weighted by Crippen LogP contribution is 2.41. The zero-order chi connectivity index (χ0) is 21.8. The van der Waals surface area contributed by atoms with E-state index < -0.39 is 0 Å². The van der Waals surface area contributed by atoms with Crippen LogP contribution in [-0.2, 0) is 16.8 Å². The Morgan fingerprint density at radius 1 is 1.19 bits per heavy atom. The number of nitrogens with zero attached hydrogens (tertiary/aromatic N) is 2. The quantitative estimate of drug-likeness (QED) is 0.496. The molecule has 1 aliphatic rings. The lowest BCUT2D eigenvalue weighted by Crippen LogP contribution is -2.40. The third-order valence-electron chi connectivity index (χ3n) is 6.05. The average molecular weight is 457 g/mol. The molecule has 0 saturated heterocycles. The van der Waals surface area contributed by atoms with Crippen molar-refractivity contribution in [3.05, 3.63) is 63.9 Å². The lowest BCUT2D eigenvalue weighted by Gasteiger charge is -2.30. The van der Waals surface area contributed by atoms with E-state index in [1.807, 2.05) is 36.4 Å². The van der Waals surface area contributed by atoms with E-state index in [-0.39, 0.29) is 17.9 Å². The molecule has 0 aliphatic heterocycles. The number of H-pyrrole nitrogens is 1. The summed E-state index contributed by atoms with van der Waals surface area (Å²) in [5.41, 5.74) is 2.04. The molecule has 2 N–H and O–H groups in total. The maximum absolute atomic E-state index is 12.9. The summed E-state index contributed by atoms with van der Waals surface area (Å²) in [6, 6.07) is 15.5. The Morgan fingerprint density at radius 3 is 2.52 bits per heavy atom. The Balaban J connectivity index is 1.48. The second-order valence-electron chi connectivity index (χ2n) is 7.94. The van der Waals surface area contributed by atoms with Gasteiger partial charge in [-0.15, -0.1) is 0 Å². The zero-order valence-corrected chi connectivity index (χ0v) is 18.9. The largest absolute Gasteiger partial charge is 0.497 e. The molecular formula is C23H25ClN4O2S. The van der Waals surface area contributed by atoms with Crippen molar-refractivity contribution in [2.45, 2.75) is 37.6 Å². The van der Waals surface area contributed by atoms with Gasteiger partial charge in [0.1, 0.15) is 12.3 Å². The molecule has 1 fully saturated rings. The molecule has 1 aliphatic carbocycles. The van der Waals surface area contributed by atoms with Gasteiger partial charge in [0.25, 0.3) is 0 Å². The predicted octanol–water partition coefficient (Wildman–Crippen LogP) is 4.90. The van der Waals surface area contributed by atoms with E-state index in [0.717, 1.165) is 42.0 Å². The van der Waals surface area contributed by atoms with Crippen molar-refractivity contribution in [2.75, 3.05) is 13.7 Å². The van der Waals surface area contributed by atoms with Crippen LogP contribution >= 0.6 is 23.8 Å². The van der Waals surface area contributed by atoms with Crippen LogP contribution in [0.5, 0.6) is 5.75 Å². The maximum Gasteiger partial charge on any atom is 0.240 e. The first-order chi connectivity index (χ1) is 15.0. The average Bonchev–Trinajstić information content (AvgIpc) is 3.41. The number of nitrogens with one attached hydrogen (secondary N) is 2. The fraction of sp³-hybridized carbons (Fsp3) is 0.348. The molecule has 4 rings (SSSR count). The molecule has 1 amide bonds. The summed E-state index contributed by atoms with van der Waals surface area (Å²) < 4.78 is 7.34. The highest BCUT2D eigenvalue weighted by molar-refractivity contribution is 7.71. The number of carbonyl (C=O) groups excluding carboxylic acids is 1. The summed E-state index contributed by atoms with van der Waals surface area (Å²) in [5, 5.41) is 11.0. The topological polar surface area (TPSA) is 71.9 Å². The minimum Gasteiger partial charge on any atom is -0.497 e. The second kappa shape index (κ2) is 9.24. The number of halogens is 1. The highest BCUT2D eigenvalue weighted by Gasteiger charge is 2.35. The van der Waals surface area contributed by atoms with Gasteiger partial charge in [-0.1, -0.05) is 36.6 Å². The van der Waals surface area contributed by atoms with E-state index in [0.29, 0.717) is 17.1 Å². The number of aromatic amines is 1. The minimum atomic E-state index is -0.0903. The lowest BCUT2D eigenvalue weighted by atomic mass is 9.79. The second-order valence-corrected chi connectivity index (χ2v) is 8.76. The van der Waals surface area contributed by atoms with Crippen molar-refractivity contribution >= 4 is 29.7 Å². The van der Waals surface area contributed by atoms with Gasteiger partial charge in [-0.05, 0) is 67.0 Å². The molecular weight excluding hydrogens is 432 g/mol. The number of ether oxygens (including phenoxy) is 1. The van der Waals surface area contributed by atoms with E-state index in [1.54, 1.807) is 11.7 Å². The van der Waals surface area contributed by atoms with Crippen LogP contribution in [0.15, 0.2) is 48.5 Å². The number of benzene rings is 2. The Bertz CT molecular complexity index is 1100. The Hall–Kier alpha value is -2.64. The van der Waals surface area contributed by atoms with Gasteiger partial charge < -0.3 is 10.1 Å². The van der Waals surface area contributed by atoms with E-state index >= 15 is 0 Å². The van der Waals surface area contributed by atoms with Gasteiger partial charge in [-0.2, -0.15) is 5.10 Å². The molecule has 1 saturated carbocycles. The molecule has 1 heterocycles. The van der Waals surface area contributed by atoms with Gasteiger partial charge >= 0.3 is 0 Å². The monoisotopic (exact) mass is 456 g/mol. The van der Waals surface area contributed by atoms with Gasteiger partial charge in [0, 0.05) is 22.5 Å². The fourth-order valence-electron chi connectivity index (χ4n) is 4.31. The molecule has 1 aromatic heterocycles. The van der Waals surface area contributed by atoms with Crippen molar-refractivity contribution in [2.24, 2.45) is 0 Å². The highest BCUT2D eigenvalue weighted by atomic mass is 35.5. The zero-order valence-electron chi connectivity index (χ0n) is 17.4. The van der Waals surface area contributed by atoms with E-state index in [4.69, 9.17) is 28.6 Å². The van der Waals surface area contributed by atoms with Crippen LogP contribution in [0.4, 0.5) is 0 Å². The van der Waals surface area contributed by atoms with E-state index in [9.17, 15) is 4.79 Å². The summed E-state index contributed by atoms with van der Waals surface area (Å²) in [6.45, 7) is 0.698. The molecule has 0 atom stereocenters. The standard InChI is InChI=1S/C23H25ClN4O2S/c1-30-19-10-4-16(5-11-19)21-26-27-22(31)28(21)14-20(29)25-15-23(12-2-3-13-23)17-6-8-18(24)9-7-17/h4-11H,2-3,12-15H2,1H3,(H,25,29)(H,27,31). The van der Waals surface area contributed by atoms with Gasteiger partial charge in [0.2, 0.25) is 5.91 Å². The van der Waals surface area contributed by atoms with Crippen LogP contribution in [0.25, 0.3) is 11.4 Å². The van der Waals surface area contributed by atoms with Gasteiger partial charge in [-0.3, -0.25) is 14.5 Å². The Morgan fingerprint density at radius 2 is 1.87 bits per heavy atom. The summed E-state index contributed by atoms with van der Waals surface area (Å²) in [5.74, 6) is 1.29. The van der Waals surface area contributed by atoms with Gasteiger partial charge in [0.05, 0.1) is 7.11 Å². The third-order valence-corrected chi connectivity index (χ3v) is 6.61. The minimum absolute atomic E-state index is 0.0447. The van der Waals surface area contributed by atoms with Gasteiger partial charge in [0.15, 0.2) is 10.6 Å². The summed E-state index contributed by atoms with van der Waals surface area (Å²) >= 11 is 11.4. The van der Waals surface area contributed by atoms with Crippen molar-refractivity contribution in [1.82, 2.24) is 20.1 Å². The number of carbonyl (C=O) groups is 1. The number of hydrogen-bond acceptors (Lipinski definition) is 4. The summed E-state index contributed by atoms with van der Waals surface area (Å²) in [6.07, 6.45) is 4.42. The first-order valence-electron chi connectivity index (χ1n) is 10.3. The third kappa shape index (κ3) is 4.67. The lowest BCUT2D eigenvalue weighted by molar-refractivity contribution is -0.121. The van der Waals surface area contributed by atoms with Crippen LogP contribution in [0.2, 0.25) is 5.02 Å². The van der Waals surface area contributed by atoms with E-state index in [2.05, 4.69) is 27.6 Å². The molecule has 3 aromatic rings. The maximum atomic E-state index is 12.9.